The largest absolute Gasteiger partial charge is 0.472 e. The third-order valence-electron chi connectivity index (χ3n) is 4.23. The van der Waals surface area contributed by atoms with Crippen molar-refractivity contribution in [3.05, 3.63) is 65.6 Å². The van der Waals surface area contributed by atoms with Crippen LogP contribution in [0.25, 0.3) is 10.6 Å². The van der Waals surface area contributed by atoms with E-state index in [2.05, 4.69) is 40.6 Å². The van der Waals surface area contributed by atoms with Crippen LogP contribution in [0.2, 0.25) is 0 Å². The Kier molecular flexibility index (Phi) is 4.74. The minimum Gasteiger partial charge on any atom is -0.472 e. The Hall–Kier alpha value is -1.95. The number of morpholine rings is 1. The molecule has 0 N–H and O–H groups in total. The molecule has 0 radical (unpaired) electrons. The van der Waals surface area contributed by atoms with Crippen molar-refractivity contribution in [1.29, 1.82) is 0 Å². The quantitative estimate of drug-likeness (QED) is 0.707. The predicted octanol–water partition coefficient (Wildman–Crippen LogP) is 3.85. The lowest BCUT2D eigenvalue weighted by molar-refractivity contribution is -0.0307. The molecule has 0 amide bonds. The molecule has 0 aliphatic carbocycles. The maximum Gasteiger partial charge on any atom is 0.126 e. The number of thiazole rings is 1. The van der Waals surface area contributed by atoms with Gasteiger partial charge in [0.15, 0.2) is 0 Å². The molecule has 1 atom stereocenters. The van der Waals surface area contributed by atoms with Crippen LogP contribution in [0.5, 0.6) is 0 Å². The van der Waals surface area contributed by atoms with E-state index in [9.17, 15) is 0 Å². The van der Waals surface area contributed by atoms with Gasteiger partial charge in [0.2, 0.25) is 0 Å². The van der Waals surface area contributed by atoms with Crippen molar-refractivity contribution < 1.29 is 9.15 Å². The number of hydrogen-bond acceptors (Lipinski definition) is 5. The van der Waals surface area contributed by atoms with Crippen molar-refractivity contribution in [3.8, 4) is 10.6 Å². The first kappa shape index (κ1) is 15.6. The Morgan fingerprint density at radius 1 is 1.21 bits per heavy atom. The van der Waals surface area contributed by atoms with Crippen molar-refractivity contribution in [2.24, 2.45) is 0 Å². The van der Waals surface area contributed by atoms with Gasteiger partial charge in [-0.05, 0) is 18.1 Å². The molecule has 1 unspecified atom stereocenters. The molecule has 1 fully saturated rings. The second kappa shape index (κ2) is 7.30. The summed E-state index contributed by atoms with van der Waals surface area (Å²) < 4.78 is 11.1. The maximum atomic E-state index is 5.94. The number of nitrogens with zero attached hydrogens (tertiary/aromatic N) is 2. The van der Waals surface area contributed by atoms with Gasteiger partial charge in [-0.1, -0.05) is 30.3 Å². The van der Waals surface area contributed by atoms with E-state index in [1.165, 1.54) is 5.56 Å². The predicted molar refractivity (Wildman–Crippen MR) is 95.0 cm³/mol. The highest BCUT2D eigenvalue weighted by Gasteiger charge is 2.21. The molecular weight excluding hydrogens is 320 g/mol. The molecule has 1 aliphatic heterocycles. The van der Waals surface area contributed by atoms with Crippen molar-refractivity contribution in [2.75, 3.05) is 19.7 Å². The molecule has 3 aromatic rings. The third kappa shape index (κ3) is 3.75. The molecule has 4 rings (SSSR count). The Bertz CT molecular complexity index is 755. The van der Waals surface area contributed by atoms with Crippen LogP contribution < -0.4 is 0 Å². The fourth-order valence-electron chi connectivity index (χ4n) is 3.05. The Morgan fingerprint density at radius 2 is 2.12 bits per heavy atom. The second-order valence-electron chi connectivity index (χ2n) is 6.07. The second-order valence-corrected chi connectivity index (χ2v) is 6.93. The number of ether oxygens (including phenoxy) is 1. The summed E-state index contributed by atoms with van der Waals surface area (Å²) in [6.45, 7) is 3.58. The molecule has 4 nitrogen and oxygen atoms in total. The van der Waals surface area contributed by atoms with Gasteiger partial charge in [0, 0.05) is 30.6 Å². The van der Waals surface area contributed by atoms with Gasteiger partial charge in [-0.3, -0.25) is 4.90 Å². The third-order valence-corrected chi connectivity index (χ3v) is 5.17. The first-order valence-corrected chi connectivity index (χ1v) is 9.09. The normalized spacial score (nSPS) is 18.8. The van der Waals surface area contributed by atoms with Crippen LogP contribution in [-0.2, 0) is 17.7 Å². The summed E-state index contributed by atoms with van der Waals surface area (Å²) in [5.41, 5.74) is 3.51. The summed E-state index contributed by atoms with van der Waals surface area (Å²) in [4.78, 5) is 7.17. The van der Waals surface area contributed by atoms with Gasteiger partial charge in [-0.15, -0.1) is 11.3 Å². The molecule has 24 heavy (non-hydrogen) atoms. The van der Waals surface area contributed by atoms with E-state index in [-0.39, 0.29) is 6.10 Å². The van der Waals surface area contributed by atoms with Crippen molar-refractivity contribution in [3.63, 3.8) is 0 Å². The Morgan fingerprint density at radius 3 is 2.96 bits per heavy atom. The topological polar surface area (TPSA) is 38.5 Å². The fourth-order valence-corrected chi connectivity index (χ4v) is 3.85. The number of benzene rings is 1. The van der Waals surface area contributed by atoms with Crippen molar-refractivity contribution >= 4 is 11.3 Å². The first-order valence-electron chi connectivity index (χ1n) is 8.22. The fraction of sp³-hybridized carbons (Fsp3) is 0.316. The van der Waals surface area contributed by atoms with Crippen LogP contribution >= 0.6 is 11.3 Å². The van der Waals surface area contributed by atoms with Crippen LogP contribution in [0.4, 0.5) is 0 Å². The van der Waals surface area contributed by atoms with Gasteiger partial charge in [0.25, 0.3) is 0 Å². The van der Waals surface area contributed by atoms with Gasteiger partial charge < -0.3 is 9.15 Å². The van der Waals surface area contributed by atoms with Gasteiger partial charge in [0.1, 0.15) is 11.3 Å². The van der Waals surface area contributed by atoms with Crippen LogP contribution in [0.1, 0.15) is 11.3 Å². The molecular formula is C19H20N2O2S. The van der Waals surface area contributed by atoms with Gasteiger partial charge >= 0.3 is 0 Å². The molecule has 0 bridgehead atoms. The van der Waals surface area contributed by atoms with Crippen molar-refractivity contribution in [1.82, 2.24) is 9.88 Å². The molecule has 1 aliphatic rings. The summed E-state index contributed by atoms with van der Waals surface area (Å²) in [7, 11) is 0. The summed E-state index contributed by atoms with van der Waals surface area (Å²) in [5, 5.41) is 3.16. The molecule has 0 spiro atoms. The smallest absolute Gasteiger partial charge is 0.126 e. The van der Waals surface area contributed by atoms with E-state index in [0.717, 1.165) is 48.9 Å². The molecule has 5 heteroatoms. The van der Waals surface area contributed by atoms with Crippen LogP contribution in [0.3, 0.4) is 0 Å². The zero-order chi connectivity index (χ0) is 16.2. The Balaban J connectivity index is 1.36. The number of aromatic nitrogens is 1. The summed E-state index contributed by atoms with van der Waals surface area (Å²) in [6, 6.07) is 12.5. The molecule has 2 aromatic heterocycles. The highest BCUT2D eigenvalue weighted by Crippen LogP contribution is 2.25. The van der Waals surface area contributed by atoms with E-state index in [1.807, 2.05) is 6.07 Å². The van der Waals surface area contributed by atoms with Gasteiger partial charge in [-0.2, -0.15) is 0 Å². The van der Waals surface area contributed by atoms with E-state index < -0.39 is 0 Å². The minimum absolute atomic E-state index is 0.258. The van der Waals surface area contributed by atoms with Crippen LogP contribution in [-0.4, -0.2) is 35.7 Å². The van der Waals surface area contributed by atoms with E-state index >= 15 is 0 Å². The molecule has 0 saturated carbocycles. The minimum atomic E-state index is 0.258. The average Bonchev–Trinajstić information content (AvgIpc) is 3.27. The number of furan rings is 1. The van der Waals surface area contributed by atoms with E-state index in [1.54, 1.807) is 23.9 Å². The lowest BCUT2D eigenvalue weighted by Gasteiger charge is -2.32. The standard InChI is InChI=1S/C19H20N2O2S/c1-2-4-15(5-3-1)10-18-12-21(7-9-23-18)11-17-14-24-19(20-17)16-6-8-22-13-16/h1-6,8,13-14,18H,7,9-12H2. The number of hydrogen-bond donors (Lipinski definition) is 0. The molecule has 1 aromatic carbocycles. The zero-order valence-corrected chi connectivity index (χ0v) is 14.2. The van der Waals surface area contributed by atoms with Crippen LogP contribution in [0, 0.1) is 0 Å². The number of rotatable bonds is 5. The lowest BCUT2D eigenvalue weighted by atomic mass is 10.1. The molecule has 1 saturated heterocycles. The zero-order valence-electron chi connectivity index (χ0n) is 13.4. The average molecular weight is 340 g/mol. The van der Waals surface area contributed by atoms with Crippen LogP contribution in [0.15, 0.2) is 58.7 Å². The molecule has 3 heterocycles. The first-order chi connectivity index (χ1) is 11.9. The van der Waals surface area contributed by atoms with E-state index in [0.29, 0.717) is 0 Å². The van der Waals surface area contributed by atoms with Gasteiger partial charge in [-0.25, -0.2) is 4.98 Å². The SMILES string of the molecule is c1ccc(CC2CN(Cc3csc(-c4ccoc4)n3)CCO2)cc1. The van der Waals surface area contributed by atoms with Gasteiger partial charge in [0.05, 0.1) is 24.7 Å². The Labute approximate surface area is 145 Å². The lowest BCUT2D eigenvalue weighted by Crippen LogP contribution is -2.42. The highest BCUT2D eigenvalue weighted by atomic mass is 32.1. The summed E-state index contributed by atoms with van der Waals surface area (Å²) in [5.74, 6) is 0. The summed E-state index contributed by atoms with van der Waals surface area (Å²) >= 11 is 1.67. The highest BCUT2D eigenvalue weighted by molar-refractivity contribution is 7.13. The molecule has 124 valence electrons. The van der Waals surface area contributed by atoms with Crippen molar-refractivity contribution in [2.45, 2.75) is 19.1 Å². The monoisotopic (exact) mass is 340 g/mol. The van der Waals surface area contributed by atoms with E-state index in [4.69, 9.17) is 14.1 Å². The maximum absolute atomic E-state index is 5.94. The summed E-state index contributed by atoms with van der Waals surface area (Å²) in [6.07, 6.45) is 4.65.